The summed E-state index contributed by atoms with van der Waals surface area (Å²) >= 11 is 5.04. The molecule has 5 nitrogen and oxygen atoms in total. The smallest absolute Gasteiger partial charge is 0.275 e. The molecule has 0 aliphatic rings. The summed E-state index contributed by atoms with van der Waals surface area (Å²) in [4.78, 5) is 16.8. The largest absolute Gasteiger partial charge is 0.433 e. The van der Waals surface area contributed by atoms with Crippen molar-refractivity contribution >= 4 is 52.8 Å². The van der Waals surface area contributed by atoms with Gasteiger partial charge in [0.2, 0.25) is 11.8 Å². The standard InChI is InChI=1S/C22H33BrN2O3SSi/c1-15(26)25-21(5,6)22(29-7,28-30(8,9)20(2,3)4)27-19-17(23)14-16-12-10-11-13-18(16)24-19/h10-14H,1-9H3,(H,25,26). The van der Waals surface area contributed by atoms with Crippen molar-refractivity contribution in [1.82, 2.24) is 10.3 Å². The first-order valence-corrected chi connectivity index (χ1v) is 14.8. The van der Waals surface area contributed by atoms with Crippen molar-refractivity contribution in [2.45, 2.75) is 70.3 Å². The van der Waals surface area contributed by atoms with Gasteiger partial charge >= 0.3 is 0 Å². The number of carbonyl (C=O) groups excluding carboxylic acids is 1. The molecule has 0 spiro atoms. The van der Waals surface area contributed by atoms with E-state index in [0.717, 1.165) is 15.4 Å². The Labute approximate surface area is 194 Å². The van der Waals surface area contributed by atoms with Crippen LogP contribution in [0.15, 0.2) is 34.8 Å². The summed E-state index contributed by atoms with van der Waals surface area (Å²) in [5.74, 6) is 0.284. The molecule has 0 aliphatic carbocycles. The summed E-state index contributed by atoms with van der Waals surface area (Å²) in [6.07, 6.45) is 1.94. The lowest BCUT2D eigenvalue weighted by atomic mass is 10.0. The number of rotatable bonds is 7. The van der Waals surface area contributed by atoms with Crippen LogP contribution in [0, 0.1) is 0 Å². The number of halogens is 1. The number of thioether (sulfide) groups is 1. The van der Waals surface area contributed by atoms with E-state index < -0.39 is 19.0 Å². The number of hydrogen-bond acceptors (Lipinski definition) is 5. The molecule has 30 heavy (non-hydrogen) atoms. The lowest BCUT2D eigenvalue weighted by Crippen LogP contribution is -2.66. The van der Waals surface area contributed by atoms with Gasteiger partial charge in [0.15, 0.2) is 8.32 Å². The highest BCUT2D eigenvalue weighted by Gasteiger charge is 2.55. The average Bonchev–Trinajstić information content (AvgIpc) is 2.59. The molecule has 1 aromatic carbocycles. The zero-order chi connectivity index (χ0) is 23.0. The van der Waals surface area contributed by atoms with Crippen LogP contribution in [0.25, 0.3) is 10.9 Å². The normalized spacial score (nSPS) is 15.0. The third kappa shape index (κ3) is 5.20. The summed E-state index contributed by atoms with van der Waals surface area (Å²) < 4.78 is 14.2. The maximum atomic E-state index is 12.0. The second-order valence-electron chi connectivity index (χ2n) is 9.50. The van der Waals surface area contributed by atoms with Gasteiger partial charge in [-0.05, 0) is 66.3 Å². The van der Waals surface area contributed by atoms with E-state index in [1.165, 1.54) is 18.7 Å². The lowest BCUT2D eigenvalue weighted by Gasteiger charge is -2.50. The van der Waals surface area contributed by atoms with Crippen LogP contribution < -0.4 is 10.1 Å². The zero-order valence-corrected chi connectivity index (χ0v) is 22.7. The van der Waals surface area contributed by atoms with E-state index in [4.69, 9.17) is 14.1 Å². The Hall–Kier alpha value is -1.09. The summed E-state index contributed by atoms with van der Waals surface area (Å²) in [6, 6.07) is 9.86. The number of pyridine rings is 1. The summed E-state index contributed by atoms with van der Waals surface area (Å²) in [7, 11) is -2.29. The van der Waals surface area contributed by atoms with Gasteiger partial charge in [0, 0.05) is 12.3 Å². The van der Waals surface area contributed by atoms with E-state index in [-0.39, 0.29) is 10.9 Å². The Morgan fingerprint density at radius 3 is 2.30 bits per heavy atom. The lowest BCUT2D eigenvalue weighted by molar-refractivity contribution is -0.132. The Kier molecular flexibility index (Phi) is 7.39. The summed E-state index contributed by atoms with van der Waals surface area (Å²) in [5, 5.41) is 2.82. The van der Waals surface area contributed by atoms with E-state index in [9.17, 15) is 4.79 Å². The molecule has 8 heteroatoms. The molecule has 1 heterocycles. The molecule has 1 aromatic heterocycles. The van der Waals surface area contributed by atoms with Crippen LogP contribution in [0.4, 0.5) is 0 Å². The van der Waals surface area contributed by atoms with Crippen molar-refractivity contribution < 1.29 is 14.0 Å². The van der Waals surface area contributed by atoms with Gasteiger partial charge in [-0.25, -0.2) is 4.98 Å². The van der Waals surface area contributed by atoms with Gasteiger partial charge in [0.1, 0.15) is 5.54 Å². The molecule has 1 atom stereocenters. The number of ether oxygens (including phenoxy) is 1. The number of aromatic nitrogens is 1. The zero-order valence-electron chi connectivity index (χ0n) is 19.3. The number of para-hydroxylation sites is 1. The van der Waals surface area contributed by atoms with Crippen LogP contribution in [0.1, 0.15) is 41.5 Å². The minimum absolute atomic E-state index is 0.0440. The molecule has 2 aromatic rings. The number of amides is 1. The van der Waals surface area contributed by atoms with Gasteiger partial charge in [-0.1, -0.05) is 50.7 Å². The third-order valence-corrected chi connectivity index (χ3v) is 11.9. The Morgan fingerprint density at radius 2 is 1.77 bits per heavy atom. The highest BCUT2D eigenvalue weighted by atomic mass is 79.9. The Bertz CT molecular complexity index is 930. The number of carbonyl (C=O) groups is 1. The first kappa shape index (κ1) is 25.2. The van der Waals surface area contributed by atoms with Crippen LogP contribution in [0.5, 0.6) is 5.88 Å². The van der Waals surface area contributed by atoms with Crippen molar-refractivity contribution in [2.75, 3.05) is 6.26 Å². The molecule has 166 valence electrons. The number of benzene rings is 1. The van der Waals surface area contributed by atoms with E-state index >= 15 is 0 Å². The third-order valence-electron chi connectivity index (χ3n) is 5.59. The topological polar surface area (TPSA) is 60.5 Å². The minimum Gasteiger partial charge on any atom is -0.433 e. The molecule has 0 radical (unpaired) electrons. The predicted molar refractivity (Wildman–Crippen MR) is 132 cm³/mol. The number of nitrogens with one attached hydrogen (secondary N) is 1. The highest BCUT2D eigenvalue weighted by Crippen LogP contribution is 2.47. The quantitative estimate of drug-likeness (QED) is 0.346. The second kappa shape index (κ2) is 8.80. The van der Waals surface area contributed by atoms with Gasteiger partial charge in [0.05, 0.1) is 9.99 Å². The molecular formula is C22H33BrN2O3SSi. The van der Waals surface area contributed by atoms with Crippen molar-refractivity contribution in [3.8, 4) is 5.88 Å². The minimum atomic E-state index is -2.29. The molecule has 2 rings (SSSR count). The predicted octanol–water partition coefficient (Wildman–Crippen LogP) is 6.33. The molecule has 0 aliphatic heterocycles. The van der Waals surface area contributed by atoms with E-state index in [1.807, 2.05) is 50.4 Å². The fraction of sp³-hybridized carbons (Fsp3) is 0.545. The first-order valence-electron chi connectivity index (χ1n) is 9.92. The number of fused-ring (bicyclic) bond motifs is 1. The van der Waals surface area contributed by atoms with Gasteiger partial charge in [0.25, 0.3) is 5.12 Å². The monoisotopic (exact) mass is 512 g/mol. The van der Waals surface area contributed by atoms with Crippen LogP contribution in [-0.2, 0) is 9.22 Å². The molecule has 0 saturated carbocycles. The van der Waals surface area contributed by atoms with E-state index in [0.29, 0.717) is 5.88 Å². The number of nitrogens with zero attached hydrogens (tertiary/aromatic N) is 1. The fourth-order valence-corrected chi connectivity index (χ4v) is 6.26. The van der Waals surface area contributed by atoms with Crippen LogP contribution in [0.2, 0.25) is 18.1 Å². The SMILES string of the molecule is CSC(Oc1nc2ccccc2cc1Br)(O[Si](C)(C)C(C)(C)C)C(C)(C)NC(C)=O. The van der Waals surface area contributed by atoms with Crippen molar-refractivity contribution in [3.05, 3.63) is 34.8 Å². The maximum absolute atomic E-state index is 12.0. The molecule has 0 bridgehead atoms. The van der Waals surface area contributed by atoms with Crippen molar-refractivity contribution in [2.24, 2.45) is 0 Å². The highest BCUT2D eigenvalue weighted by molar-refractivity contribution is 9.10. The van der Waals surface area contributed by atoms with Gasteiger partial charge < -0.3 is 14.5 Å². The molecule has 0 fully saturated rings. The molecular weight excluding hydrogens is 480 g/mol. The van der Waals surface area contributed by atoms with Crippen molar-refractivity contribution in [1.29, 1.82) is 0 Å². The van der Waals surface area contributed by atoms with Crippen LogP contribution in [-0.4, -0.2) is 36.1 Å². The molecule has 1 N–H and O–H groups in total. The first-order chi connectivity index (χ1) is 13.6. The molecule has 0 saturated heterocycles. The van der Waals surface area contributed by atoms with E-state index in [2.05, 4.69) is 55.1 Å². The second-order valence-corrected chi connectivity index (χ2v) is 16.0. The Morgan fingerprint density at radius 1 is 1.17 bits per heavy atom. The average molecular weight is 514 g/mol. The number of hydrogen-bond donors (Lipinski definition) is 1. The van der Waals surface area contributed by atoms with Crippen molar-refractivity contribution in [3.63, 3.8) is 0 Å². The van der Waals surface area contributed by atoms with E-state index in [1.54, 1.807) is 0 Å². The molecule has 1 unspecified atom stereocenters. The van der Waals surface area contributed by atoms with Gasteiger partial charge in [-0.3, -0.25) is 4.79 Å². The summed E-state index contributed by atoms with van der Waals surface area (Å²) in [6.45, 7) is 16.2. The summed E-state index contributed by atoms with van der Waals surface area (Å²) in [5.41, 5.74) is -0.00376. The van der Waals surface area contributed by atoms with Gasteiger partial charge in [-0.15, -0.1) is 0 Å². The van der Waals surface area contributed by atoms with Crippen LogP contribution in [0.3, 0.4) is 0 Å². The maximum Gasteiger partial charge on any atom is 0.275 e. The van der Waals surface area contributed by atoms with Gasteiger partial charge in [-0.2, -0.15) is 0 Å². The molecule has 1 amide bonds. The van der Waals surface area contributed by atoms with Crippen LogP contribution >= 0.6 is 27.7 Å². The Balaban J connectivity index is 2.63. The fourth-order valence-electron chi connectivity index (χ4n) is 2.89.